The summed E-state index contributed by atoms with van der Waals surface area (Å²) >= 11 is 0. The molecule has 0 fully saturated rings. The van der Waals surface area contributed by atoms with E-state index in [1.54, 1.807) is 0 Å². The van der Waals surface area contributed by atoms with Crippen molar-refractivity contribution < 1.29 is 80.2 Å². The van der Waals surface area contributed by atoms with Crippen LogP contribution < -0.4 is 0 Å². The monoisotopic (exact) mass is 1340 g/mol. The molecule has 0 heterocycles. The normalized spacial score (nSPS) is 14.4. The zero-order valence-electron chi connectivity index (χ0n) is 59.1. The Balaban J connectivity index is 5.19. The maximum Gasteiger partial charge on any atom is 0.472 e. The van der Waals surface area contributed by atoms with E-state index in [2.05, 4.69) is 41.5 Å². The smallest absolute Gasteiger partial charge is 0.462 e. The van der Waals surface area contributed by atoms with E-state index in [4.69, 9.17) is 37.0 Å². The van der Waals surface area contributed by atoms with Crippen molar-refractivity contribution in [3.8, 4) is 0 Å². The van der Waals surface area contributed by atoms with Crippen LogP contribution in [0.2, 0.25) is 0 Å². The zero-order chi connectivity index (χ0) is 67.2. The van der Waals surface area contributed by atoms with Gasteiger partial charge >= 0.3 is 39.5 Å². The number of carbonyl (C=O) groups is 4. The first-order chi connectivity index (χ1) is 43.9. The molecule has 0 aromatic heterocycles. The second-order valence-corrected chi connectivity index (χ2v) is 29.6. The topological polar surface area (TPSA) is 237 Å². The number of phosphoric ester groups is 2. The van der Waals surface area contributed by atoms with E-state index in [9.17, 15) is 43.2 Å². The van der Waals surface area contributed by atoms with Crippen LogP contribution in [0.25, 0.3) is 0 Å². The van der Waals surface area contributed by atoms with E-state index in [1.165, 1.54) is 173 Å². The summed E-state index contributed by atoms with van der Waals surface area (Å²) in [6, 6.07) is 0. The van der Waals surface area contributed by atoms with Crippen molar-refractivity contribution in [2.45, 2.75) is 387 Å². The maximum atomic E-state index is 13.0. The Labute approximate surface area is 556 Å². The van der Waals surface area contributed by atoms with Gasteiger partial charge in [-0.15, -0.1) is 0 Å². The van der Waals surface area contributed by atoms with E-state index < -0.39 is 97.5 Å². The van der Waals surface area contributed by atoms with Crippen molar-refractivity contribution in [2.24, 2.45) is 11.8 Å². The lowest BCUT2D eigenvalue weighted by molar-refractivity contribution is -0.161. The first kappa shape index (κ1) is 89.1. The van der Waals surface area contributed by atoms with Gasteiger partial charge in [0, 0.05) is 25.7 Å². The van der Waals surface area contributed by atoms with Crippen LogP contribution in [0.1, 0.15) is 369 Å². The third kappa shape index (κ3) is 65.1. The molecular weight excluding hydrogens is 1200 g/mol. The van der Waals surface area contributed by atoms with Gasteiger partial charge in [-0.2, -0.15) is 0 Å². The second-order valence-electron chi connectivity index (χ2n) is 26.7. The molecule has 0 spiro atoms. The van der Waals surface area contributed by atoms with E-state index in [0.717, 1.165) is 109 Å². The largest absolute Gasteiger partial charge is 0.472 e. The summed E-state index contributed by atoms with van der Waals surface area (Å²) in [6.45, 7) is 9.51. The molecule has 0 aromatic rings. The van der Waals surface area contributed by atoms with Gasteiger partial charge in [-0.3, -0.25) is 37.3 Å². The van der Waals surface area contributed by atoms with Crippen molar-refractivity contribution in [3.63, 3.8) is 0 Å². The van der Waals surface area contributed by atoms with Gasteiger partial charge in [0.2, 0.25) is 0 Å². The molecule has 0 aliphatic rings. The lowest BCUT2D eigenvalue weighted by Gasteiger charge is -2.21. The van der Waals surface area contributed by atoms with Crippen molar-refractivity contribution in [1.29, 1.82) is 0 Å². The molecule has 0 bridgehead atoms. The van der Waals surface area contributed by atoms with Crippen molar-refractivity contribution in [2.75, 3.05) is 39.6 Å². The third-order valence-corrected chi connectivity index (χ3v) is 19.0. The number of carbonyl (C=O) groups excluding carboxylic acids is 4. The van der Waals surface area contributed by atoms with Gasteiger partial charge < -0.3 is 33.8 Å². The summed E-state index contributed by atoms with van der Waals surface area (Å²) in [5, 5.41) is 10.6. The molecule has 3 N–H and O–H groups in total. The van der Waals surface area contributed by atoms with Crippen LogP contribution in [-0.2, 0) is 65.4 Å². The lowest BCUT2D eigenvalue weighted by Crippen LogP contribution is -2.30. The molecule has 19 heteroatoms. The van der Waals surface area contributed by atoms with Crippen LogP contribution >= 0.6 is 15.6 Å². The molecular formula is C72H140O17P2. The van der Waals surface area contributed by atoms with Crippen LogP contribution in [0.15, 0.2) is 0 Å². The molecule has 17 nitrogen and oxygen atoms in total. The molecule has 0 saturated carbocycles. The fourth-order valence-electron chi connectivity index (χ4n) is 10.9. The Hall–Kier alpha value is -1.94. The summed E-state index contributed by atoms with van der Waals surface area (Å²) in [6.07, 6.45) is 50.2. The highest BCUT2D eigenvalue weighted by Crippen LogP contribution is 2.45. The van der Waals surface area contributed by atoms with E-state index in [1.807, 2.05) is 0 Å². The first-order valence-electron chi connectivity index (χ1n) is 37.5. The highest BCUT2D eigenvalue weighted by molar-refractivity contribution is 7.47. The zero-order valence-corrected chi connectivity index (χ0v) is 60.9. The maximum absolute atomic E-state index is 13.0. The molecule has 0 amide bonds. The van der Waals surface area contributed by atoms with Gasteiger partial charge in [-0.25, -0.2) is 9.13 Å². The quantitative estimate of drug-likeness (QED) is 0.0222. The standard InChI is InChI=1S/C72H140O17P2/c1-7-10-12-14-16-17-18-19-20-21-25-28-31-37-43-49-55-70(75)83-61-68(88-71(76)56-50-44-38-32-29-26-23-22-24-27-30-36-41-47-53-65(6)9-3)63-87-91(80,81)85-59-66(73)58-84-90(78,79)86-62-67(60-82-69(74)54-48-42-34-15-13-11-8-2)89-72(77)57-51-45-39-33-35-40-46-52-64(4)5/h64-68,73H,7-63H2,1-6H3,(H,78,79)(H,80,81)/t65?,66-,67+,68+/m0/s1. The molecule has 6 atom stereocenters. The van der Waals surface area contributed by atoms with Gasteiger partial charge in [0.05, 0.1) is 26.4 Å². The molecule has 0 radical (unpaired) electrons. The van der Waals surface area contributed by atoms with Gasteiger partial charge in [0.15, 0.2) is 12.2 Å². The Morgan fingerprint density at radius 2 is 0.560 bits per heavy atom. The fourth-order valence-corrected chi connectivity index (χ4v) is 12.5. The molecule has 91 heavy (non-hydrogen) atoms. The highest BCUT2D eigenvalue weighted by Gasteiger charge is 2.30. The molecule has 540 valence electrons. The fraction of sp³-hybridized carbons (Fsp3) is 0.944. The number of unbranched alkanes of at least 4 members (excludes halogenated alkanes) is 40. The van der Waals surface area contributed by atoms with Gasteiger partial charge in [0.25, 0.3) is 0 Å². The summed E-state index contributed by atoms with van der Waals surface area (Å²) in [5.41, 5.74) is 0. The van der Waals surface area contributed by atoms with Crippen LogP contribution in [0.4, 0.5) is 0 Å². The van der Waals surface area contributed by atoms with Crippen LogP contribution in [0, 0.1) is 11.8 Å². The Bertz CT molecular complexity index is 1770. The summed E-state index contributed by atoms with van der Waals surface area (Å²) in [4.78, 5) is 72.5. The molecule has 0 saturated heterocycles. The molecule has 0 aliphatic heterocycles. The van der Waals surface area contributed by atoms with Crippen molar-refractivity contribution in [1.82, 2.24) is 0 Å². The highest BCUT2D eigenvalue weighted by atomic mass is 31.2. The van der Waals surface area contributed by atoms with E-state index >= 15 is 0 Å². The molecule has 0 aromatic carbocycles. The number of phosphoric acid groups is 2. The lowest BCUT2D eigenvalue weighted by atomic mass is 9.99. The van der Waals surface area contributed by atoms with E-state index in [0.29, 0.717) is 31.6 Å². The summed E-state index contributed by atoms with van der Waals surface area (Å²) in [7, 11) is -9.90. The number of esters is 4. The minimum Gasteiger partial charge on any atom is -0.462 e. The number of hydrogen-bond donors (Lipinski definition) is 3. The van der Waals surface area contributed by atoms with Crippen molar-refractivity contribution >= 4 is 39.5 Å². The Morgan fingerprint density at radius 1 is 0.319 bits per heavy atom. The van der Waals surface area contributed by atoms with E-state index in [-0.39, 0.29) is 25.7 Å². The predicted molar refractivity (Wildman–Crippen MR) is 368 cm³/mol. The van der Waals surface area contributed by atoms with Crippen LogP contribution in [0.5, 0.6) is 0 Å². The average Bonchev–Trinajstić information content (AvgIpc) is 3.10. The Morgan fingerprint density at radius 3 is 0.835 bits per heavy atom. The number of aliphatic hydroxyl groups is 1. The van der Waals surface area contributed by atoms with Crippen LogP contribution in [-0.4, -0.2) is 96.7 Å². The number of hydrogen-bond acceptors (Lipinski definition) is 15. The van der Waals surface area contributed by atoms with Gasteiger partial charge in [-0.1, -0.05) is 318 Å². The average molecular weight is 1340 g/mol. The molecule has 0 rings (SSSR count). The third-order valence-electron chi connectivity index (χ3n) is 17.1. The molecule has 3 unspecified atom stereocenters. The van der Waals surface area contributed by atoms with Crippen molar-refractivity contribution in [3.05, 3.63) is 0 Å². The second kappa shape index (κ2) is 64.1. The van der Waals surface area contributed by atoms with Gasteiger partial charge in [-0.05, 0) is 37.5 Å². The minimum absolute atomic E-state index is 0.103. The first-order valence-corrected chi connectivity index (χ1v) is 40.5. The number of rotatable bonds is 71. The molecule has 0 aliphatic carbocycles. The number of ether oxygens (including phenoxy) is 4. The van der Waals surface area contributed by atoms with Gasteiger partial charge in [0.1, 0.15) is 19.3 Å². The number of aliphatic hydroxyl groups excluding tert-OH is 1. The minimum atomic E-state index is -4.95. The SMILES string of the molecule is CCCCCCCCCCCCCCCCCCC(=O)OC[C@H](COP(=O)(O)OC[C@@H](O)COP(=O)(O)OC[C@@H](COC(=O)CCCCCCCCC)OC(=O)CCCCCCCCCC(C)C)OC(=O)CCCCCCCCCCCCCCCCC(C)CC. The Kier molecular flexibility index (Phi) is 62.7. The van der Waals surface area contributed by atoms with Crippen LogP contribution in [0.3, 0.4) is 0 Å². The summed E-state index contributed by atoms with van der Waals surface area (Å²) < 4.78 is 68.2. The summed E-state index contributed by atoms with van der Waals surface area (Å²) in [5.74, 6) is -0.586. The predicted octanol–water partition coefficient (Wildman–Crippen LogP) is 20.8.